The van der Waals surface area contributed by atoms with Gasteiger partial charge < -0.3 is 5.48 Å². The van der Waals surface area contributed by atoms with Crippen LogP contribution in [0.4, 0.5) is 13.2 Å². The smallest absolute Gasteiger partial charge is 0.412 e. The number of alkyl halides is 3. The largest absolute Gasteiger partial charge is 0.522 e. The van der Waals surface area contributed by atoms with E-state index >= 15 is 0 Å². The van der Waals surface area contributed by atoms with Crippen molar-refractivity contribution in [2.45, 2.75) is 5.51 Å². The van der Waals surface area contributed by atoms with Crippen molar-refractivity contribution in [3.63, 3.8) is 0 Å². The van der Waals surface area contributed by atoms with Crippen LogP contribution in [0, 0.1) is 0 Å². The lowest BCUT2D eigenvalue weighted by Crippen LogP contribution is -2.21. The van der Waals surface area contributed by atoms with E-state index in [4.69, 9.17) is 30.5 Å². The van der Waals surface area contributed by atoms with E-state index in [0.717, 1.165) is 0 Å². The Morgan fingerprint density at radius 2 is 0.929 bits per heavy atom. The maximum atomic E-state index is 10.7. The molecule has 90 valence electrons. The van der Waals surface area contributed by atoms with Gasteiger partial charge in [-0.3, -0.25) is 13.7 Å². The van der Waals surface area contributed by atoms with E-state index in [1.165, 1.54) is 0 Å². The highest BCUT2D eigenvalue weighted by atomic mass is 32.3. The van der Waals surface area contributed by atoms with Crippen LogP contribution in [0.5, 0.6) is 0 Å². The van der Waals surface area contributed by atoms with Gasteiger partial charge in [0.05, 0.1) is 0 Å². The second-order valence-corrected chi connectivity index (χ2v) is 3.68. The summed E-state index contributed by atoms with van der Waals surface area (Å²) in [5.41, 5.74) is -5.53. The van der Waals surface area contributed by atoms with Crippen molar-refractivity contribution >= 4 is 20.5 Å². The zero-order chi connectivity index (χ0) is 11.5. The first-order valence-corrected chi connectivity index (χ1v) is 4.82. The van der Waals surface area contributed by atoms with Gasteiger partial charge in [-0.2, -0.15) is 30.0 Å². The Morgan fingerprint density at radius 3 is 0.929 bits per heavy atom. The molecule has 0 atom stereocenters. The second kappa shape index (κ2) is 5.42. The molecular weight excluding hydrogens is 261 g/mol. The minimum atomic E-state index is -5.84. The molecule has 0 radical (unpaired) electrons. The van der Waals surface area contributed by atoms with Gasteiger partial charge in [-0.1, -0.05) is 0 Å². The van der Waals surface area contributed by atoms with Gasteiger partial charge in [-0.25, -0.2) is 0 Å². The quantitative estimate of drug-likeness (QED) is 0.371. The summed E-state index contributed by atoms with van der Waals surface area (Å²) in [6.07, 6.45) is 0. The first kappa shape index (κ1) is 19.2. The lowest BCUT2D eigenvalue weighted by molar-refractivity contribution is -0.0510. The average Bonchev–Trinajstić information content (AvgIpc) is 1.50. The van der Waals surface area contributed by atoms with Crippen molar-refractivity contribution in [1.29, 1.82) is 0 Å². The van der Waals surface area contributed by atoms with Crippen molar-refractivity contribution < 1.29 is 49.1 Å². The molecule has 0 fully saturated rings. The number of halogens is 3. The van der Waals surface area contributed by atoms with Crippen LogP contribution in [0.15, 0.2) is 0 Å². The van der Waals surface area contributed by atoms with Gasteiger partial charge >= 0.3 is 26.0 Å². The van der Waals surface area contributed by atoms with E-state index in [1.807, 2.05) is 0 Å². The Hall–Kier alpha value is -0.470. The zero-order valence-corrected chi connectivity index (χ0v) is 7.56. The molecule has 0 aromatic heterocycles. The highest BCUT2D eigenvalue weighted by Gasteiger charge is 2.44. The molecule has 0 unspecified atom stereocenters. The Balaban J connectivity index is -0.000000177. The lowest BCUT2D eigenvalue weighted by Gasteiger charge is -1.97. The number of hydrogen-bond donors (Lipinski definition) is 3. The summed E-state index contributed by atoms with van der Waals surface area (Å²) in [5.74, 6) is 0. The highest BCUT2D eigenvalue weighted by molar-refractivity contribution is 7.86. The predicted molar refractivity (Wildman–Crippen MR) is 35.4 cm³/mol. The van der Waals surface area contributed by atoms with Crippen LogP contribution < -0.4 is 0 Å². The van der Waals surface area contributed by atoms with E-state index in [2.05, 4.69) is 0 Å². The molecule has 5 N–H and O–H groups in total. The topological polar surface area (TPSA) is 160 Å². The molecule has 0 saturated carbocycles. The summed E-state index contributed by atoms with van der Waals surface area (Å²) >= 11 is 0. The molecule has 8 nitrogen and oxygen atoms in total. The molecule has 0 spiro atoms. The maximum Gasteiger partial charge on any atom is 0.522 e. The Kier molecular flexibility index (Phi) is 7.42. The van der Waals surface area contributed by atoms with Gasteiger partial charge in [0.2, 0.25) is 0 Å². The van der Waals surface area contributed by atoms with E-state index < -0.39 is 26.0 Å². The Morgan fingerprint density at radius 1 is 0.857 bits per heavy atom. The third-order valence-electron chi connectivity index (χ3n) is 0.292. The normalized spacial score (nSPS) is 12.1. The molecule has 0 aliphatic carbocycles. The fourth-order valence-electron chi connectivity index (χ4n) is 0. The predicted octanol–water partition coefficient (Wildman–Crippen LogP) is -1.08. The van der Waals surface area contributed by atoms with Gasteiger partial charge in [-0.15, -0.1) is 0 Å². The summed E-state index contributed by atoms with van der Waals surface area (Å²) in [6, 6.07) is 0. The van der Waals surface area contributed by atoms with Gasteiger partial charge in [0.15, 0.2) is 0 Å². The number of rotatable bonds is 0. The number of hydrogen-bond acceptors (Lipinski definition) is 4. The SMILES string of the molecule is O.O=S(=O)(O)C(F)(F)F.O=S(=O)(O)O. The monoisotopic (exact) mass is 266 g/mol. The van der Waals surface area contributed by atoms with Crippen LogP contribution in [0.1, 0.15) is 0 Å². The summed E-state index contributed by atoms with van der Waals surface area (Å²) in [7, 11) is -10.5. The summed E-state index contributed by atoms with van der Waals surface area (Å²) in [5, 5.41) is 0. The molecule has 0 aromatic rings. The van der Waals surface area contributed by atoms with E-state index in [-0.39, 0.29) is 5.48 Å². The minimum absolute atomic E-state index is 0. The second-order valence-electron chi connectivity index (χ2n) is 1.37. The van der Waals surface area contributed by atoms with Crippen LogP contribution in [-0.4, -0.2) is 41.5 Å². The molecule has 0 aliphatic heterocycles. The molecule has 14 heavy (non-hydrogen) atoms. The van der Waals surface area contributed by atoms with E-state index in [1.54, 1.807) is 0 Å². The molecule has 0 rings (SSSR count). The minimum Gasteiger partial charge on any atom is -0.412 e. The van der Waals surface area contributed by atoms with Gasteiger partial charge in [-0.05, 0) is 0 Å². The highest BCUT2D eigenvalue weighted by Crippen LogP contribution is 2.20. The summed E-state index contributed by atoms with van der Waals surface area (Å²) in [6.45, 7) is 0. The molecule has 0 aromatic carbocycles. The van der Waals surface area contributed by atoms with Crippen molar-refractivity contribution in [2.24, 2.45) is 0 Å². The molecule has 0 bridgehead atoms. The summed E-state index contributed by atoms with van der Waals surface area (Å²) < 4.78 is 89.1. The van der Waals surface area contributed by atoms with Crippen LogP contribution in [0.2, 0.25) is 0 Å². The maximum absolute atomic E-state index is 10.7. The Labute approximate surface area is 76.0 Å². The molecule has 0 amide bonds. The molecule has 13 heteroatoms. The lowest BCUT2D eigenvalue weighted by atomic mass is 11.6. The third kappa shape index (κ3) is 17.6. The van der Waals surface area contributed by atoms with Crippen LogP contribution in [-0.2, 0) is 20.5 Å². The fourth-order valence-corrected chi connectivity index (χ4v) is 0. The van der Waals surface area contributed by atoms with Crippen molar-refractivity contribution in [1.82, 2.24) is 0 Å². The first-order chi connectivity index (χ1) is 5.25. The van der Waals surface area contributed by atoms with E-state index in [0.29, 0.717) is 0 Å². The van der Waals surface area contributed by atoms with Crippen LogP contribution in [0.3, 0.4) is 0 Å². The van der Waals surface area contributed by atoms with Crippen LogP contribution in [0.25, 0.3) is 0 Å². The van der Waals surface area contributed by atoms with E-state index in [9.17, 15) is 13.2 Å². The van der Waals surface area contributed by atoms with Gasteiger partial charge in [0.25, 0.3) is 0 Å². The summed E-state index contributed by atoms with van der Waals surface area (Å²) in [4.78, 5) is 0. The fraction of sp³-hybridized carbons (Fsp3) is 1.00. The van der Waals surface area contributed by atoms with Gasteiger partial charge in [0.1, 0.15) is 0 Å². The molecule has 0 aliphatic rings. The zero-order valence-electron chi connectivity index (χ0n) is 5.93. The standard InChI is InChI=1S/CHF3O3S.H2O4S.H2O/c2-1(3,4)8(5,6)7;1-5(2,3)4;/h(H,5,6,7);(H2,1,2,3,4);1H2. The van der Waals surface area contributed by atoms with Gasteiger partial charge in [0, 0.05) is 0 Å². The third-order valence-corrected chi connectivity index (χ3v) is 0.877. The average molecular weight is 266 g/mol. The van der Waals surface area contributed by atoms with Crippen molar-refractivity contribution in [3.05, 3.63) is 0 Å². The molecule has 0 saturated heterocycles. The molecular formula is CH5F3O8S2. The molecule has 0 heterocycles. The van der Waals surface area contributed by atoms with Crippen LogP contribution >= 0.6 is 0 Å². The Bertz CT molecular complexity index is 325. The van der Waals surface area contributed by atoms with Crippen molar-refractivity contribution in [2.75, 3.05) is 0 Å². The van der Waals surface area contributed by atoms with Crippen molar-refractivity contribution in [3.8, 4) is 0 Å². The first-order valence-electron chi connectivity index (χ1n) is 1.99.